The molecule has 4 heteroatoms. The van der Waals surface area contributed by atoms with Gasteiger partial charge < -0.3 is 10.1 Å². The van der Waals surface area contributed by atoms with E-state index >= 15 is 0 Å². The molecule has 0 saturated heterocycles. The molecule has 1 amide bonds. The molecule has 16 heavy (non-hydrogen) atoms. The normalized spacial score (nSPS) is 11.7. The third-order valence-electron chi connectivity index (χ3n) is 2.13. The maximum absolute atomic E-state index is 13.5. The Morgan fingerprint density at radius 2 is 2.31 bits per heavy atom. The monoisotopic (exact) mass is 223 g/mol. The fourth-order valence-electron chi connectivity index (χ4n) is 1.15. The fourth-order valence-corrected chi connectivity index (χ4v) is 1.15. The second kappa shape index (κ2) is 5.30. The molecule has 0 aliphatic carbocycles. The van der Waals surface area contributed by atoms with E-state index in [2.05, 4.69) is 11.9 Å². The van der Waals surface area contributed by atoms with E-state index in [9.17, 15) is 9.18 Å². The second-order valence-electron chi connectivity index (χ2n) is 3.34. The average molecular weight is 223 g/mol. The lowest BCUT2D eigenvalue weighted by atomic mass is 10.1. The minimum absolute atomic E-state index is 0.00509. The van der Waals surface area contributed by atoms with Crippen molar-refractivity contribution in [1.82, 2.24) is 5.32 Å². The molecule has 0 aliphatic rings. The number of hydrogen-bond donors (Lipinski definition) is 1. The zero-order chi connectivity index (χ0) is 12.1. The van der Waals surface area contributed by atoms with Crippen molar-refractivity contribution in [1.29, 1.82) is 0 Å². The molecule has 0 spiro atoms. The van der Waals surface area contributed by atoms with Crippen LogP contribution in [0, 0.1) is 5.82 Å². The first-order valence-electron chi connectivity index (χ1n) is 4.85. The van der Waals surface area contributed by atoms with E-state index in [-0.39, 0.29) is 11.6 Å². The van der Waals surface area contributed by atoms with Crippen molar-refractivity contribution >= 4 is 5.91 Å². The number of hydrogen-bond acceptors (Lipinski definition) is 2. The third kappa shape index (κ3) is 2.82. The Bertz CT molecular complexity index is 404. The summed E-state index contributed by atoms with van der Waals surface area (Å²) in [4.78, 5) is 11.6. The molecule has 1 aromatic rings. The molecule has 0 radical (unpaired) electrons. The van der Waals surface area contributed by atoms with Crippen LogP contribution in [0.25, 0.3) is 0 Å². The summed E-state index contributed by atoms with van der Waals surface area (Å²) in [5, 5.41) is 2.59. The van der Waals surface area contributed by atoms with Crippen LogP contribution in [0.3, 0.4) is 0 Å². The van der Waals surface area contributed by atoms with Crippen LogP contribution < -0.4 is 10.1 Å². The Morgan fingerprint density at radius 1 is 1.62 bits per heavy atom. The zero-order valence-corrected chi connectivity index (χ0v) is 9.29. The molecule has 0 bridgehead atoms. The van der Waals surface area contributed by atoms with Crippen molar-refractivity contribution in [2.24, 2.45) is 0 Å². The van der Waals surface area contributed by atoms with Crippen LogP contribution in [0.5, 0.6) is 5.75 Å². The molecule has 1 atom stereocenters. The van der Waals surface area contributed by atoms with E-state index in [4.69, 9.17) is 4.74 Å². The SMILES string of the molecule is C=CC(C)NC(=O)c1ccc(OC)cc1F. The van der Waals surface area contributed by atoms with Gasteiger partial charge in [-0.2, -0.15) is 0 Å². The number of carbonyl (C=O) groups excluding carboxylic acids is 1. The predicted octanol–water partition coefficient (Wildman–Crippen LogP) is 2.14. The van der Waals surface area contributed by atoms with Crippen molar-refractivity contribution < 1.29 is 13.9 Å². The Hall–Kier alpha value is -1.84. The van der Waals surface area contributed by atoms with Gasteiger partial charge in [0.15, 0.2) is 0 Å². The first-order valence-corrected chi connectivity index (χ1v) is 4.85. The number of benzene rings is 1. The molecule has 1 unspecified atom stereocenters. The minimum atomic E-state index is -0.604. The molecule has 86 valence electrons. The minimum Gasteiger partial charge on any atom is -0.497 e. The van der Waals surface area contributed by atoms with Gasteiger partial charge in [-0.25, -0.2) is 4.39 Å². The third-order valence-corrected chi connectivity index (χ3v) is 2.13. The predicted molar refractivity (Wildman–Crippen MR) is 60.1 cm³/mol. The summed E-state index contributed by atoms with van der Waals surface area (Å²) in [5.74, 6) is -0.688. The van der Waals surface area contributed by atoms with Crippen LogP contribution in [0.1, 0.15) is 17.3 Å². The number of methoxy groups -OCH3 is 1. The fraction of sp³-hybridized carbons (Fsp3) is 0.250. The van der Waals surface area contributed by atoms with Crippen LogP contribution in [0.15, 0.2) is 30.9 Å². The Kier molecular flexibility index (Phi) is 4.05. The molecule has 1 aromatic carbocycles. The maximum Gasteiger partial charge on any atom is 0.254 e. The van der Waals surface area contributed by atoms with Gasteiger partial charge in [-0.05, 0) is 19.1 Å². The van der Waals surface area contributed by atoms with Crippen LogP contribution in [0.4, 0.5) is 4.39 Å². The number of carbonyl (C=O) groups is 1. The summed E-state index contributed by atoms with van der Waals surface area (Å²) in [6.45, 7) is 5.28. The smallest absolute Gasteiger partial charge is 0.254 e. The molecule has 0 fully saturated rings. The lowest BCUT2D eigenvalue weighted by molar-refractivity contribution is 0.0943. The summed E-state index contributed by atoms with van der Waals surface area (Å²) in [6.07, 6.45) is 1.57. The van der Waals surface area contributed by atoms with Crippen molar-refractivity contribution in [2.45, 2.75) is 13.0 Å². The Balaban J connectivity index is 2.87. The van der Waals surface area contributed by atoms with Crippen LogP contribution >= 0.6 is 0 Å². The van der Waals surface area contributed by atoms with Crippen LogP contribution in [0.2, 0.25) is 0 Å². The summed E-state index contributed by atoms with van der Waals surface area (Å²) in [7, 11) is 1.44. The highest BCUT2D eigenvalue weighted by atomic mass is 19.1. The zero-order valence-electron chi connectivity index (χ0n) is 9.29. The van der Waals surface area contributed by atoms with Gasteiger partial charge in [0.2, 0.25) is 0 Å². The highest BCUT2D eigenvalue weighted by molar-refractivity contribution is 5.94. The van der Waals surface area contributed by atoms with Gasteiger partial charge in [-0.1, -0.05) is 6.08 Å². The summed E-state index contributed by atoms with van der Waals surface area (Å²) in [5.41, 5.74) is -0.00509. The first-order chi connectivity index (χ1) is 7.58. The molecule has 0 aromatic heterocycles. The quantitative estimate of drug-likeness (QED) is 0.794. The number of ether oxygens (including phenoxy) is 1. The lowest BCUT2D eigenvalue weighted by Gasteiger charge is -2.10. The summed E-state index contributed by atoms with van der Waals surface area (Å²) < 4.78 is 18.3. The molecular formula is C12H14FNO2. The largest absolute Gasteiger partial charge is 0.497 e. The molecule has 0 heterocycles. The molecule has 1 rings (SSSR count). The molecule has 3 nitrogen and oxygen atoms in total. The number of halogens is 1. The molecule has 0 saturated carbocycles. The summed E-state index contributed by atoms with van der Waals surface area (Å²) in [6, 6.07) is 3.90. The average Bonchev–Trinajstić information content (AvgIpc) is 2.28. The van der Waals surface area contributed by atoms with Crippen molar-refractivity contribution in [2.75, 3.05) is 7.11 Å². The van der Waals surface area contributed by atoms with E-state index in [1.807, 2.05) is 0 Å². The highest BCUT2D eigenvalue weighted by Crippen LogP contribution is 2.16. The highest BCUT2D eigenvalue weighted by Gasteiger charge is 2.13. The lowest BCUT2D eigenvalue weighted by Crippen LogP contribution is -2.31. The van der Waals surface area contributed by atoms with Gasteiger partial charge >= 0.3 is 0 Å². The van der Waals surface area contributed by atoms with Crippen LogP contribution in [-0.4, -0.2) is 19.1 Å². The Labute approximate surface area is 93.9 Å². The van der Waals surface area contributed by atoms with E-state index in [0.29, 0.717) is 5.75 Å². The van der Waals surface area contributed by atoms with Crippen molar-refractivity contribution in [3.8, 4) is 5.75 Å². The van der Waals surface area contributed by atoms with E-state index in [0.717, 1.165) is 0 Å². The summed E-state index contributed by atoms with van der Waals surface area (Å²) >= 11 is 0. The van der Waals surface area contributed by atoms with Gasteiger partial charge in [0, 0.05) is 12.1 Å². The molecule has 1 N–H and O–H groups in total. The second-order valence-corrected chi connectivity index (χ2v) is 3.34. The van der Waals surface area contributed by atoms with E-state index in [1.54, 1.807) is 13.0 Å². The van der Waals surface area contributed by atoms with Gasteiger partial charge in [0.05, 0.1) is 12.7 Å². The number of nitrogens with one attached hydrogen (secondary N) is 1. The maximum atomic E-state index is 13.5. The molecular weight excluding hydrogens is 209 g/mol. The van der Waals surface area contributed by atoms with Crippen molar-refractivity contribution in [3.05, 3.63) is 42.2 Å². The Morgan fingerprint density at radius 3 is 2.81 bits per heavy atom. The molecule has 0 aliphatic heterocycles. The topological polar surface area (TPSA) is 38.3 Å². The van der Waals surface area contributed by atoms with Gasteiger partial charge in [-0.15, -0.1) is 6.58 Å². The number of rotatable bonds is 4. The first kappa shape index (κ1) is 12.2. The number of amides is 1. The van der Waals surface area contributed by atoms with E-state index < -0.39 is 11.7 Å². The van der Waals surface area contributed by atoms with Gasteiger partial charge in [0.25, 0.3) is 5.91 Å². The van der Waals surface area contributed by atoms with Crippen LogP contribution in [-0.2, 0) is 0 Å². The standard InChI is InChI=1S/C12H14FNO2/c1-4-8(2)14-12(15)10-6-5-9(16-3)7-11(10)13/h4-8H,1H2,2-3H3,(H,14,15). The van der Waals surface area contributed by atoms with Gasteiger partial charge in [0.1, 0.15) is 11.6 Å². The van der Waals surface area contributed by atoms with E-state index in [1.165, 1.54) is 25.3 Å². The van der Waals surface area contributed by atoms with Crippen molar-refractivity contribution in [3.63, 3.8) is 0 Å². The van der Waals surface area contributed by atoms with Gasteiger partial charge in [-0.3, -0.25) is 4.79 Å².